The average Bonchev–Trinajstić information content (AvgIpc) is 2.03. The largest absolute Gasteiger partial charge is 0.662 e. The lowest BCUT2D eigenvalue weighted by Crippen LogP contribution is -2.24. The van der Waals surface area contributed by atoms with Crippen LogP contribution in [-0.4, -0.2) is 23.5 Å². The maximum absolute atomic E-state index is 8.29. The monoisotopic (exact) mass is 160 g/mol. The molecular weight excluding hydrogens is 147 g/mol. The minimum absolute atomic E-state index is 0.0468. The SMILES string of the molecule is OB(O)OOC1CCCCC1. The smallest absolute Gasteiger partial charge is 0.400 e. The van der Waals surface area contributed by atoms with Crippen molar-refractivity contribution < 1.29 is 19.7 Å². The van der Waals surface area contributed by atoms with E-state index in [4.69, 9.17) is 14.9 Å². The van der Waals surface area contributed by atoms with Gasteiger partial charge < -0.3 is 10.0 Å². The first kappa shape index (κ1) is 9.00. The van der Waals surface area contributed by atoms with Gasteiger partial charge in [-0.15, -0.1) is 0 Å². The molecule has 1 saturated carbocycles. The molecule has 0 radical (unpaired) electrons. The molecule has 1 rings (SSSR count). The normalized spacial score (nSPS) is 20.2. The van der Waals surface area contributed by atoms with Crippen LogP contribution >= 0.6 is 0 Å². The van der Waals surface area contributed by atoms with Crippen molar-refractivity contribution in [2.45, 2.75) is 38.2 Å². The Labute approximate surface area is 66.2 Å². The lowest BCUT2D eigenvalue weighted by molar-refractivity contribution is -0.274. The summed E-state index contributed by atoms with van der Waals surface area (Å²) >= 11 is 0. The van der Waals surface area contributed by atoms with Crippen LogP contribution in [0.15, 0.2) is 0 Å². The summed E-state index contributed by atoms with van der Waals surface area (Å²) in [6.45, 7) is 0. The maximum atomic E-state index is 8.29. The van der Waals surface area contributed by atoms with Crippen LogP contribution < -0.4 is 0 Å². The Morgan fingerprint density at radius 3 is 2.27 bits per heavy atom. The molecule has 1 aliphatic rings. The molecule has 0 saturated heterocycles. The van der Waals surface area contributed by atoms with Gasteiger partial charge in [0.2, 0.25) is 0 Å². The molecule has 0 aromatic rings. The summed E-state index contributed by atoms with van der Waals surface area (Å²) in [6.07, 6.45) is 5.46. The summed E-state index contributed by atoms with van der Waals surface area (Å²) in [5.41, 5.74) is 0. The van der Waals surface area contributed by atoms with E-state index < -0.39 is 7.32 Å². The highest BCUT2D eigenvalue weighted by molar-refractivity contribution is 6.32. The molecule has 11 heavy (non-hydrogen) atoms. The predicted molar refractivity (Wildman–Crippen MR) is 39.2 cm³/mol. The van der Waals surface area contributed by atoms with Crippen molar-refractivity contribution in [2.75, 3.05) is 0 Å². The first-order valence-electron chi connectivity index (χ1n) is 3.97. The fourth-order valence-corrected chi connectivity index (χ4v) is 1.29. The Balaban J connectivity index is 2.05. The van der Waals surface area contributed by atoms with Gasteiger partial charge in [0, 0.05) is 0 Å². The van der Waals surface area contributed by atoms with Crippen molar-refractivity contribution in [1.82, 2.24) is 0 Å². The molecule has 0 bridgehead atoms. The fraction of sp³-hybridized carbons (Fsp3) is 1.00. The van der Waals surface area contributed by atoms with Gasteiger partial charge in [-0.2, -0.15) is 0 Å². The molecule has 0 aromatic heterocycles. The van der Waals surface area contributed by atoms with Crippen LogP contribution in [0.3, 0.4) is 0 Å². The van der Waals surface area contributed by atoms with Crippen molar-refractivity contribution in [3.8, 4) is 0 Å². The van der Waals surface area contributed by atoms with Gasteiger partial charge in [0.15, 0.2) is 0 Å². The van der Waals surface area contributed by atoms with E-state index in [1.54, 1.807) is 0 Å². The van der Waals surface area contributed by atoms with E-state index in [0.29, 0.717) is 0 Å². The Bertz CT molecular complexity index is 103. The van der Waals surface area contributed by atoms with Gasteiger partial charge >= 0.3 is 7.32 Å². The highest BCUT2D eigenvalue weighted by atomic mass is 17.2. The molecule has 0 amide bonds. The topological polar surface area (TPSA) is 58.9 Å². The average molecular weight is 160 g/mol. The molecule has 1 fully saturated rings. The van der Waals surface area contributed by atoms with E-state index in [2.05, 4.69) is 4.81 Å². The number of rotatable bonds is 3. The Morgan fingerprint density at radius 1 is 1.09 bits per heavy atom. The molecule has 64 valence electrons. The van der Waals surface area contributed by atoms with E-state index in [1.165, 1.54) is 6.42 Å². The van der Waals surface area contributed by atoms with Crippen LogP contribution in [0.25, 0.3) is 0 Å². The summed E-state index contributed by atoms with van der Waals surface area (Å²) in [5.74, 6) is 0. The Hall–Kier alpha value is -0.0951. The molecule has 1 aliphatic carbocycles. The number of hydrogen-bond acceptors (Lipinski definition) is 4. The third-order valence-corrected chi connectivity index (χ3v) is 1.83. The van der Waals surface area contributed by atoms with Crippen LogP contribution in [0, 0.1) is 0 Å². The van der Waals surface area contributed by atoms with Gasteiger partial charge in [-0.3, -0.25) is 0 Å². The second-order valence-corrected chi connectivity index (χ2v) is 2.78. The summed E-state index contributed by atoms with van der Waals surface area (Å²) in [6, 6.07) is 0. The van der Waals surface area contributed by atoms with Crippen molar-refractivity contribution >= 4 is 7.32 Å². The maximum Gasteiger partial charge on any atom is 0.662 e. The summed E-state index contributed by atoms with van der Waals surface area (Å²) < 4.78 is 0. The molecule has 2 N–H and O–H groups in total. The number of hydrogen-bond donors (Lipinski definition) is 2. The van der Waals surface area contributed by atoms with Crippen LogP contribution in [0.2, 0.25) is 0 Å². The molecule has 0 spiro atoms. The summed E-state index contributed by atoms with van der Waals surface area (Å²) in [4.78, 5) is 8.94. The molecule has 4 nitrogen and oxygen atoms in total. The van der Waals surface area contributed by atoms with Gasteiger partial charge in [0.1, 0.15) is 0 Å². The molecule has 0 atom stereocenters. The van der Waals surface area contributed by atoms with Crippen molar-refractivity contribution in [1.29, 1.82) is 0 Å². The quantitative estimate of drug-likeness (QED) is 0.352. The van der Waals surface area contributed by atoms with Crippen molar-refractivity contribution in [3.63, 3.8) is 0 Å². The molecule has 0 aliphatic heterocycles. The minimum Gasteiger partial charge on any atom is -0.400 e. The molecule has 0 unspecified atom stereocenters. The lowest BCUT2D eigenvalue weighted by Gasteiger charge is -2.20. The third-order valence-electron chi connectivity index (χ3n) is 1.83. The van der Waals surface area contributed by atoms with Crippen LogP contribution in [0.1, 0.15) is 32.1 Å². The minimum atomic E-state index is -1.81. The molecule has 5 heteroatoms. The highest BCUT2D eigenvalue weighted by Gasteiger charge is 2.18. The standard InChI is InChI=1S/C6H13BO4/c8-7(9)11-10-6-4-2-1-3-5-6/h6,8-9H,1-5H2. The fourth-order valence-electron chi connectivity index (χ4n) is 1.29. The van der Waals surface area contributed by atoms with E-state index in [0.717, 1.165) is 25.7 Å². The van der Waals surface area contributed by atoms with Gasteiger partial charge in [-0.1, -0.05) is 19.3 Å². The van der Waals surface area contributed by atoms with E-state index >= 15 is 0 Å². The first-order valence-corrected chi connectivity index (χ1v) is 3.97. The van der Waals surface area contributed by atoms with Crippen molar-refractivity contribution in [3.05, 3.63) is 0 Å². The molecule has 0 heterocycles. The Morgan fingerprint density at radius 2 is 1.73 bits per heavy atom. The zero-order valence-electron chi connectivity index (χ0n) is 6.40. The van der Waals surface area contributed by atoms with Crippen LogP contribution in [-0.2, 0) is 9.69 Å². The van der Waals surface area contributed by atoms with Gasteiger partial charge in [0.25, 0.3) is 0 Å². The van der Waals surface area contributed by atoms with Crippen LogP contribution in [0.5, 0.6) is 0 Å². The second kappa shape index (κ2) is 4.72. The van der Waals surface area contributed by atoms with Gasteiger partial charge in [-0.05, 0) is 12.8 Å². The van der Waals surface area contributed by atoms with Crippen molar-refractivity contribution in [2.24, 2.45) is 0 Å². The highest BCUT2D eigenvalue weighted by Crippen LogP contribution is 2.20. The van der Waals surface area contributed by atoms with Gasteiger partial charge in [0.05, 0.1) is 6.10 Å². The summed E-state index contributed by atoms with van der Waals surface area (Å²) in [5, 5.41) is 16.6. The summed E-state index contributed by atoms with van der Waals surface area (Å²) in [7, 11) is -1.81. The molecule has 0 aromatic carbocycles. The zero-order valence-corrected chi connectivity index (χ0v) is 6.40. The lowest BCUT2D eigenvalue weighted by atomic mass is 9.98. The van der Waals surface area contributed by atoms with E-state index in [9.17, 15) is 0 Å². The first-order chi connectivity index (χ1) is 5.29. The third kappa shape index (κ3) is 3.72. The van der Waals surface area contributed by atoms with Crippen LogP contribution in [0.4, 0.5) is 0 Å². The predicted octanol–water partition coefficient (Wildman–Crippen LogP) is 0.237. The van der Waals surface area contributed by atoms with E-state index in [1.807, 2.05) is 0 Å². The van der Waals surface area contributed by atoms with Gasteiger partial charge in [-0.25, -0.2) is 9.69 Å². The second-order valence-electron chi connectivity index (χ2n) is 2.78. The Kier molecular flexibility index (Phi) is 3.86. The molecular formula is C6H13BO4. The zero-order chi connectivity index (χ0) is 8.10. The van der Waals surface area contributed by atoms with E-state index in [-0.39, 0.29) is 6.10 Å².